The Balaban J connectivity index is 1.33. The molecule has 160 valence electrons. The molecule has 0 radical (unpaired) electrons. The Morgan fingerprint density at radius 2 is 1.77 bits per heavy atom. The number of nitrogens with zero attached hydrogens (tertiary/aromatic N) is 3. The van der Waals surface area contributed by atoms with Crippen molar-refractivity contribution in [3.05, 3.63) is 88.7 Å². The van der Waals surface area contributed by atoms with Crippen LogP contribution < -0.4 is 5.56 Å². The monoisotopic (exact) mass is 419 g/mol. The SMILES string of the molecule is O=c1cc(-c2ccccc2F)ncn1CC1(O)CCN(Cc2ccccc2)CC12CC2. The zero-order chi connectivity index (χ0) is 21.5. The van der Waals surface area contributed by atoms with Gasteiger partial charge < -0.3 is 5.11 Å². The molecule has 1 spiro atoms. The number of benzene rings is 2. The van der Waals surface area contributed by atoms with Gasteiger partial charge in [-0.1, -0.05) is 42.5 Å². The number of piperidine rings is 1. The smallest absolute Gasteiger partial charge is 0.253 e. The molecular formula is C25H26FN3O2. The van der Waals surface area contributed by atoms with Crippen LogP contribution in [-0.2, 0) is 13.1 Å². The highest BCUT2D eigenvalue weighted by atomic mass is 19.1. The van der Waals surface area contributed by atoms with Gasteiger partial charge in [0.1, 0.15) is 5.82 Å². The molecule has 1 aromatic heterocycles. The minimum atomic E-state index is -0.939. The Morgan fingerprint density at radius 1 is 1.03 bits per heavy atom. The Hall–Kier alpha value is -2.83. The van der Waals surface area contributed by atoms with Gasteiger partial charge in [-0.25, -0.2) is 9.37 Å². The molecule has 1 N–H and O–H groups in total. The standard InChI is InChI=1S/C25H26FN3O2/c26-21-9-5-4-8-20(21)22-14-23(30)29(18-27-22)17-25(31)12-13-28(16-24(25)10-11-24)15-19-6-2-1-3-7-19/h1-9,14,18,31H,10-13,15-17H2. The van der Waals surface area contributed by atoms with E-state index in [0.29, 0.717) is 17.7 Å². The van der Waals surface area contributed by atoms with Crippen LogP contribution in [0.15, 0.2) is 71.8 Å². The molecule has 0 amide bonds. The second-order valence-corrected chi connectivity index (χ2v) is 8.98. The van der Waals surface area contributed by atoms with Gasteiger partial charge in [0.05, 0.1) is 24.2 Å². The Morgan fingerprint density at radius 3 is 2.48 bits per heavy atom. The maximum Gasteiger partial charge on any atom is 0.253 e. The number of likely N-dealkylation sites (tertiary alicyclic amines) is 1. The van der Waals surface area contributed by atoms with Crippen molar-refractivity contribution in [1.82, 2.24) is 14.5 Å². The summed E-state index contributed by atoms with van der Waals surface area (Å²) in [5, 5.41) is 11.6. The minimum absolute atomic E-state index is 0.177. The van der Waals surface area contributed by atoms with Gasteiger partial charge in [0.2, 0.25) is 0 Å². The second-order valence-electron chi connectivity index (χ2n) is 8.98. The first kappa shape index (κ1) is 20.1. The zero-order valence-electron chi connectivity index (χ0n) is 17.4. The number of aromatic nitrogens is 2. The second kappa shape index (κ2) is 7.70. The molecular weight excluding hydrogens is 393 g/mol. The summed E-state index contributed by atoms with van der Waals surface area (Å²) in [6, 6.07) is 18.0. The fourth-order valence-electron chi connectivity index (χ4n) is 4.90. The quantitative estimate of drug-likeness (QED) is 0.688. The van der Waals surface area contributed by atoms with E-state index in [2.05, 4.69) is 22.0 Å². The summed E-state index contributed by atoms with van der Waals surface area (Å²) in [5.74, 6) is -0.409. The lowest BCUT2D eigenvalue weighted by molar-refractivity contribution is -0.0997. The Kier molecular flexibility index (Phi) is 4.99. The summed E-state index contributed by atoms with van der Waals surface area (Å²) in [6.45, 7) is 2.70. The molecule has 1 unspecified atom stereocenters. The van der Waals surface area contributed by atoms with Crippen molar-refractivity contribution in [2.24, 2.45) is 5.41 Å². The lowest BCUT2D eigenvalue weighted by Gasteiger charge is -2.45. The molecule has 2 aliphatic rings. The van der Waals surface area contributed by atoms with Crippen molar-refractivity contribution in [2.45, 2.75) is 38.0 Å². The average molecular weight is 420 g/mol. The maximum atomic E-state index is 14.1. The molecule has 1 aliphatic heterocycles. The first-order valence-corrected chi connectivity index (χ1v) is 10.8. The van der Waals surface area contributed by atoms with Crippen LogP contribution >= 0.6 is 0 Å². The van der Waals surface area contributed by atoms with E-state index in [4.69, 9.17) is 0 Å². The number of hydrogen-bond donors (Lipinski definition) is 1. The van der Waals surface area contributed by atoms with Crippen LogP contribution in [0.1, 0.15) is 24.8 Å². The molecule has 3 aromatic rings. The van der Waals surface area contributed by atoms with Crippen LogP contribution in [0.25, 0.3) is 11.3 Å². The lowest BCUT2D eigenvalue weighted by atomic mass is 9.77. The maximum absolute atomic E-state index is 14.1. The summed E-state index contributed by atoms with van der Waals surface area (Å²) in [7, 11) is 0. The van der Waals surface area contributed by atoms with Crippen molar-refractivity contribution >= 4 is 0 Å². The number of halogens is 1. The van der Waals surface area contributed by atoms with E-state index in [1.165, 1.54) is 28.6 Å². The Bertz CT molecular complexity index is 1140. The van der Waals surface area contributed by atoms with Gasteiger partial charge in [-0.2, -0.15) is 0 Å². The summed E-state index contributed by atoms with van der Waals surface area (Å²) < 4.78 is 15.5. The van der Waals surface area contributed by atoms with E-state index in [9.17, 15) is 14.3 Å². The number of hydrogen-bond acceptors (Lipinski definition) is 4. The largest absolute Gasteiger partial charge is 0.387 e. The van der Waals surface area contributed by atoms with Crippen molar-refractivity contribution in [1.29, 1.82) is 0 Å². The van der Waals surface area contributed by atoms with Crippen molar-refractivity contribution in [3.63, 3.8) is 0 Å². The molecule has 31 heavy (non-hydrogen) atoms. The predicted octanol–water partition coefficient (Wildman–Crippen LogP) is 3.47. The third-order valence-corrected chi connectivity index (χ3v) is 6.92. The van der Waals surface area contributed by atoms with E-state index in [1.807, 2.05) is 18.2 Å². The normalized spacial score (nSPS) is 22.5. The molecule has 1 aliphatic carbocycles. The van der Waals surface area contributed by atoms with Crippen molar-refractivity contribution in [2.75, 3.05) is 13.1 Å². The van der Waals surface area contributed by atoms with E-state index in [0.717, 1.165) is 32.5 Å². The highest BCUT2D eigenvalue weighted by molar-refractivity contribution is 5.58. The molecule has 6 heteroatoms. The topological polar surface area (TPSA) is 58.4 Å². The van der Waals surface area contributed by atoms with Crippen LogP contribution in [0.4, 0.5) is 4.39 Å². The highest BCUT2D eigenvalue weighted by Crippen LogP contribution is 2.58. The van der Waals surface area contributed by atoms with Crippen LogP contribution in [0.3, 0.4) is 0 Å². The van der Waals surface area contributed by atoms with Crippen LogP contribution in [0.5, 0.6) is 0 Å². The molecule has 2 fully saturated rings. The van der Waals surface area contributed by atoms with Gasteiger partial charge in [-0.3, -0.25) is 14.3 Å². The first-order chi connectivity index (χ1) is 15.0. The molecule has 1 saturated heterocycles. The van der Waals surface area contributed by atoms with Gasteiger partial charge in [-0.05, 0) is 37.0 Å². The van der Waals surface area contributed by atoms with E-state index >= 15 is 0 Å². The van der Waals surface area contributed by atoms with Gasteiger partial charge in [0, 0.05) is 36.7 Å². The highest BCUT2D eigenvalue weighted by Gasteiger charge is 2.61. The summed E-state index contributed by atoms with van der Waals surface area (Å²) in [5.41, 5.74) is 0.495. The molecule has 5 nitrogen and oxygen atoms in total. The third kappa shape index (κ3) is 3.82. The van der Waals surface area contributed by atoms with Gasteiger partial charge >= 0.3 is 0 Å². The fraction of sp³-hybridized carbons (Fsp3) is 0.360. The molecule has 2 heterocycles. The Labute approximate surface area is 180 Å². The molecule has 1 atom stereocenters. The summed E-state index contributed by atoms with van der Waals surface area (Å²) in [4.78, 5) is 19.5. The van der Waals surface area contributed by atoms with E-state index < -0.39 is 11.4 Å². The average Bonchev–Trinajstić information content (AvgIpc) is 3.55. The molecule has 5 rings (SSSR count). The first-order valence-electron chi connectivity index (χ1n) is 10.8. The molecule has 2 aromatic carbocycles. The van der Waals surface area contributed by atoms with E-state index in [-0.39, 0.29) is 17.5 Å². The minimum Gasteiger partial charge on any atom is -0.387 e. The zero-order valence-corrected chi connectivity index (χ0v) is 17.4. The molecule has 0 bridgehead atoms. The van der Waals surface area contributed by atoms with Crippen LogP contribution in [-0.4, -0.2) is 38.2 Å². The van der Waals surface area contributed by atoms with Crippen molar-refractivity contribution < 1.29 is 9.50 Å². The predicted molar refractivity (Wildman–Crippen MR) is 117 cm³/mol. The summed E-state index contributed by atoms with van der Waals surface area (Å²) >= 11 is 0. The van der Waals surface area contributed by atoms with Crippen LogP contribution in [0, 0.1) is 11.2 Å². The van der Waals surface area contributed by atoms with Gasteiger partial charge in [0.15, 0.2) is 0 Å². The van der Waals surface area contributed by atoms with Gasteiger partial charge in [0.25, 0.3) is 5.56 Å². The van der Waals surface area contributed by atoms with Crippen LogP contribution in [0.2, 0.25) is 0 Å². The lowest BCUT2D eigenvalue weighted by Crippen LogP contribution is -2.56. The third-order valence-electron chi connectivity index (χ3n) is 6.92. The van der Waals surface area contributed by atoms with E-state index in [1.54, 1.807) is 18.2 Å². The van der Waals surface area contributed by atoms with Gasteiger partial charge in [-0.15, -0.1) is 0 Å². The summed E-state index contributed by atoms with van der Waals surface area (Å²) in [6.07, 6.45) is 3.98. The van der Waals surface area contributed by atoms with Crippen molar-refractivity contribution in [3.8, 4) is 11.3 Å². The number of rotatable bonds is 5. The molecule has 1 saturated carbocycles. The number of aliphatic hydroxyl groups is 1. The fourth-order valence-corrected chi connectivity index (χ4v) is 4.90.